The molecule has 0 fully saturated rings. The third kappa shape index (κ3) is 3.16. The van der Waals surface area contributed by atoms with Crippen molar-refractivity contribution in [1.82, 2.24) is 24.9 Å². The Morgan fingerprint density at radius 1 is 1.53 bits per heavy atom. The molecule has 90 valence electrons. The topological polar surface area (TPSA) is 64.7 Å². The molecule has 2 aromatic heterocycles. The summed E-state index contributed by atoms with van der Waals surface area (Å²) in [5, 5.41) is 10.8. The number of amides is 1. The number of aromatic nitrogens is 4. The van der Waals surface area contributed by atoms with Crippen molar-refractivity contribution in [3.63, 3.8) is 0 Å². The van der Waals surface area contributed by atoms with Crippen molar-refractivity contribution in [3.8, 4) is 0 Å². The number of rotatable bonds is 4. The van der Waals surface area contributed by atoms with Gasteiger partial charge in [-0.3, -0.25) is 14.2 Å². The summed E-state index contributed by atoms with van der Waals surface area (Å²) in [6.45, 7) is 0.682. The molecule has 0 unspecified atom stereocenters. The Labute approximate surface area is 107 Å². The minimum Gasteiger partial charge on any atom is -0.349 e. The highest BCUT2D eigenvalue weighted by molar-refractivity contribution is 9.10. The molecular weight excluding hydrogens is 286 g/mol. The molecule has 1 N–H and O–H groups in total. The molecule has 0 aromatic carbocycles. The number of carbonyl (C=O) groups excluding carboxylic acids is 1. The number of carbonyl (C=O) groups is 1. The number of nitrogens with one attached hydrogen (secondary N) is 1. The number of nitrogens with zero attached hydrogens (tertiary/aromatic N) is 4. The molecular formula is C10H12BrN5O. The maximum Gasteiger partial charge on any atom is 0.242 e. The Morgan fingerprint density at radius 3 is 2.94 bits per heavy atom. The van der Waals surface area contributed by atoms with Crippen LogP contribution in [0.15, 0.2) is 29.1 Å². The third-order valence-corrected chi connectivity index (χ3v) is 2.71. The smallest absolute Gasteiger partial charge is 0.242 e. The molecule has 0 aliphatic heterocycles. The van der Waals surface area contributed by atoms with Crippen LogP contribution < -0.4 is 5.32 Å². The fraction of sp³-hybridized carbons (Fsp3) is 0.300. The Balaban J connectivity index is 1.84. The first kappa shape index (κ1) is 11.8. The highest BCUT2D eigenvalue weighted by atomic mass is 79.9. The second kappa shape index (κ2) is 5.13. The van der Waals surface area contributed by atoms with Gasteiger partial charge in [-0.05, 0) is 22.0 Å². The highest BCUT2D eigenvalue weighted by Gasteiger charge is 2.05. The highest BCUT2D eigenvalue weighted by Crippen LogP contribution is 2.05. The molecule has 7 heteroatoms. The van der Waals surface area contributed by atoms with E-state index in [0.717, 1.165) is 10.2 Å². The summed E-state index contributed by atoms with van der Waals surface area (Å²) in [6, 6.07) is 1.87. The summed E-state index contributed by atoms with van der Waals surface area (Å²) in [5.74, 6) is -0.0817. The van der Waals surface area contributed by atoms with Crippen molar-refractivity contribution in [2.75, 3.05) is 0 Å². The summed E-state index contributed by atoms with van der Waals surface area (Å²) in [7, 11) is 1.84. The van der Waals surface area contributed by atoms with Gasteiger partial charge in [0.2, 0.25) is 5.91 Å². The number of hydrogen-bond donors (Lipinski definition) is 1. The van der Waals surface area contributed by atoms with E-state index in [4.69, 9.17) is 0 Å². The predicted octanol–water partition coefficient (Wildman–Crippen LogP) is 0.695. The van der Waals surface area contributed by atoms with E-state index in [1.165, 1.54) is 0 Å². The van der Waals surface area contributed by atoms with Crippen LogP contribution in [0.5, 0.6) is 0 Å². The normalized spacial score (nSPS) is 10.5. The Morgan fingerprint density at radius 2 is 2.35 bits per heavy atom. The van der Waals surface area contributed by atoms with E-state index in [2.05, 4.69) is 31.4 Å². The number of hydrogen-bond acceptors (Lipinski definition) is 3. The summed E-state index contributed by atoms with van der Waals surface area (Å²) in [5.41, 5.74) is 0.958. The van der Waals surface area contributed by atoms with Gasteiger partial charge in [0.25, 0.3) is 0 Å². The number of halogens is 1. The first-order valence-corrected chi connectivity index (χ1v) is 5.86. The average Bonchev–Trinajstić information content (AvgIpc) is 2.85. The van der Waals surface area contributed by atoms with Crippen molar-refractivity contribution in [1.29, 1.82) is 0 Å². The Bertz CT molecular complexity index is 518. The molecule has 0 aliphatic carbocycles. The molecule has 0 saturated carbocycles. The predicted molar refractivity (Wildman–Crippen MR) is 65.0 cm³/mol. The first-order chi connectivity index (χ1) is 8.15. The molecule has 6 nitrogen and oxygen atoms in total. The lowest BCUT2D eigenvalue weighted by Crippen LogP contribution is -2.28. The first-order valence-electron chi connectivity index (χ1n) is 5.06. The minimum atomic E-state index is -0.0817. The van der Waals surface area contributed by atoms with E-state index in [1.807, 2.05) is 13.1 Å². The molecule has 0 radical (unpaired) electrons. The van der Waals surface area contributed by atoms with Gasteiger partial charge in [-0.25, -0.2) is 0 Å². The van der Waals surface area contributed by atoms with Crippen LogP contribution >= 0.6 is 15.9 Å². The van der Waals surface area contributed by atoms with Crippen LogP contribution in [0.3, 0.4) is 0 Å². The Hall–Kier alpha value is -1.63. The summed E-state index contributed by atoms with van der Waals surface area (Å²) in [6.07, 6.45) is 5.10. The second-order valence-electron chi connectivity index (χ2n) is 3.58. The van der Waals surface area contributed by atoms with E-state index in [9.17, 15) is 4.79 Å². The van der Waals surface area contributed by atoms with Gasteiger partial charge in [0.05, 0.1) is 22.9 Å². The van der Waals surface area contributed by atoms with E-state index in [1.54, 1.807) is 28.0 Å². The molecule has 0 atom stereocenters. The van der Waals surface area contributed by atoms with Crippen LogP contribution in [0.1, 0.15) is 5.69 Å². The maximum absolute atomic E-state index is 11.6. The van der Waals surface area contributed by atoms with Crippen LogP contribution in [0.4, 0.5) is 0 Å². The van der Waals surface area contributed by atoms with Crippen LogP contribution in [0, 0.1) is 0 Å². The molecule has 2 heterocycles. The van der Waals surface area contributed by atoms with Crippen molar-refractivity contribution in [2.45, 2.75) is 13.1 Å². The molecule has 0 saturated heterocycles. The fourth-order valence-electron chi connectivity index (χ4n) is 1.39. The van der Waals surface area contributed by atoms with Crippen molar-refractivity contribution >= 4 is 21.8 Å². The largest absolute Gasteiger partial charge is 0.349 e. The number of aryl methyl sites for hydroxylation is 1. The SMILES string of the molecule is Cn1nccc1CNC(=O)Cn1cc(Br)cn1. The van der Waals surface area contributed by atoms with Crippen LogP contribution in [0.25, 0.3) is 0 Å². The zero-order chi connectivity index (χ0) is 12.3. The molecule has 2 rings (SSSR count). The monoisotopic (exact) mass is 297 g/mol. The van der Waals surface area contributed by atoms with Gasteiger partial charge < -0.3 is 5.32 Å². The fourth-order valence-corrected chi connectivity index (χ4v) is 1.72. The van der Waals surface area contributed by atoms with E-state index < -0.39 is 0 Å². The zero-order valence-electron chi connectivity index (χ0n) is 9.30. The van der Waals surface area contributed by atoms with Gasteiger partial charge in [0, 0.05) is 19.4 Å². The van der Waals surface area contributed by atoms with Gasteiger partial charge in [-0.2, -0.15) is 10.2 Å². The molecule has 17 heavy (non-hydrogen) atoms. The minimum absolute atomic E-state index is 0.0817. The van der Waals surface area contributed by atoms with E-state index in [-0.39, 0.29) is 12.5 Å². The summed E-state index contributed by atoms with van der Waals surface area (Å²) >= 11 is 3.28. The lowest BCUT2D eigenvalue weighted by Gasteiger charge is -2.05. The molecule has 1 amide bonds. The third-order valence-electron chi connectivity index (χ3n) is 2.30. The van der Waals surface area contributed by atoms with Crippen LogP contribution in [-0.2, 0) is 24.9 Å². The molecule has 0 aliphatic rings. The lowest BCUT2D eigenvalue weighted by molar-refractivity contribution is -0.122. The zero-order valence-corrected chi connectivity index (χ0v) is 10.9. The summed E-state index contributed by atoms with van der Waals surface area (Å²) < 4.78 is 4.16. The molecule has 0 spiro atoms. The maximum atomic E-state index is 11.6. The van der Waals surface area contributed by atoms with Crippen LogP contribution in [0.2, 0.25) is 0 Å². The van der Waals surface area contributed by atoms with E-state index in [0.29, 0.717) is 6.54 Å². The van der Waals surface area contributed by atoms with Crippen molar-refractivity contribution in [2.24, 2.45) is 7.05 Å². The van der Waals surface area contributed by atoms with Crippen LogP contribution in [-0.4, -0.2) is 25.5 Å². The summed E-state index contributed by atoms with van der Waals surface area (Å²) in [4.78, 5) is 11.6. The molecule has 2 aromatic rings. The Kier molecular flexibility index (Phi) is 3.58. The lowest BCUT2D eigenvalue weighted by atomic mass is 10.4. The van der Waals surface area contributed by atoms with Gasteiger partial charge >= 0.3 is 0 Å². The average molecular weight is 298 g/mol. The van der Waals surface area contributed by atoms with Crippen molar-refractivity contribution in [3.05, 3.63) is 34.8 Å². The van der Waals surface area contributed by atoms with Gasteiger partial charge in [0.15, 0.2) is 0 Å². The second-order valence-corrected chi connectivity index (χ2v) is 4.49. The van der Waals surface area contributed by atoms with Gasteiger partial charge in [-0.15, -0.1) is 0 Å². The standard InChI is InChI=1S/C10H12BrN5O/c1-15-9(2-3-13-15)5-12-10(17)7-16-6-8(11)4-14-16/h2-4,6H,5,7H2,1H3,(H,12,17). The van der Waals surface area contributed by atoms with Crippen molar-refractivity contribution < 1.29 is 4.79 Å². The quantitative estimate of drug-likeness (QED) is 0.903. The van der Waals surface area contributed by atoms with Gasteiger partial charge in [0.1, 0.15) is 6.54 Å². The van der Waals surface area contributed by atoms with Gasteiger partial charge in [-0.1, -0.05) is 0 Å². The van der Waals surface area contributed by atoms with E-state index >= 15 is 0 Å². The molecule has 0 bridgehead atoms.